The zero-order valence-electron chi connectivity index (χ0n) is 15.8. The van der Waals surface area contributed by atoms with E-state index in [0.717, 1.165) is 5.56 Å². The van der Waals surface area contributed by atoms with E-state index < -0.39 is 23.7 Å². The summed E-state index contributed by atoms with van der Waals surface area (Å²) < 4.78 is 0. The summed E-state index contributed by atoms with van der Waals surface area (Å²) in [5, 5.41) is 20.2. The van der Waals surface area contributed by atoms with Crippen molar-refractivity contribution in [3.8, 4) is 0 Å². The van der Waals surface area contributed by atoms with E-state index in [1.165, 1.54) is 4.90 Å². The first-order valence-corrected chi connectivity index (χ1v) is 9.50. The number of carbonyl (C=O) groups excluding carboxylic acids is 2. The van der Waals surface area contributed by atoms with Crippen molar-refractivity contribution in [2.45, 2.75) is 25.8 Å². The highest BCUT2D eigenvalue weighted by Gasteiger charge is 2.45. The Hall–Kier alpha value is -3.12. The van der Waals surface area contributed by atoms with Gasteiger partial charge in [0.05, 0.1) is 11.6 Å². The number of aryl methyl sites for hydroxylation is 1. The summed E-state index contributed by atoms with van der Waals surface area (Å²) in [6, 6.07) is 12.8. The van der Waals surface area contributed by atoms with Crippen LogP contribution in [-0.4, -0.2) is 39.3 Å². The fraction of sp³-hybridized carbons (Fsp3) is 0.227. The fourth-order valence-electron chi connectivity index (χ4n) is 3.37. The second-order valence-corrected chi connectivity index (χ2v) is 7.34. The van der Waals surface area contributed by atoms with Gasteiger partial charge in [-0.1, -0.05) is 41.4 Å². The Morgan fingerprint density at radius 1 is 1.03 bits per heavy atom. The Balaban J connectivity index is 2.08. The van der Waals surface area contributed by atoms with Crippen molar-refractivity contribution in [2.24, 2.45) is 0 Å². The van der Waals surface area contributed by atoms with Gasteiger partial charge in [-0.15, -0.1) is 0 Å². The number of likely N-dealkylation sites (tertiary alicyclic amines) is 1. The van der Waals surface area contributed by atoms with Crippen LogP contribution in [0.1, 0.15) is 35.6 Å². The summed E-state index contributed by atoms with van der Waals surface area (Å²) in [5.74, 6) is -2.81. The van der Waals surface area contributed by atoms with E-state index in [0.29, 0.717) is 16.1 Å². The third-order valence-electron chi connectivity index (χ3n) is 4.84. The number of nitrogens with zero attached hydrogens (tertiary/aromatic N) is 1. The van der Waals surface area contributed by atoms with Gasteiger partial charge in [0.2, 0.25) is 0 Å². The standard InChI is InChI=1S/C22H20ClNO5/c1-13-4-6-14(7-5-13)19-18(20(27)15-8-10-16(23)11-9-15)21(28)22(29)24(19)12-2-3-17(25)26/h4-11,19,27H,2-3,12H2,1H3,(H,25,26)/b20-18+. The van der Waals surface area contributed by atoms with Gasteiger partial charge in [0.15, 0.2) is 0 Å². The zero-order valence-corrected chi connectivity index (χ0v) is 16.5. The Morgan fingerprint density at radius 3 is 2.24 bits per heavy atom. The van der Waals surface area contributed by atoms with Gasteiger partial charge in [-0.3, -0.25) is 14.4 Å². The molecule has 0 saturated carbocycles. The van der Waals surface area contributed by atoms with Crippen LogP contribution in [0.3, 0.4) is 0 Å². The zero-order chi connectivity index (χ0) is 21.1. The van der Waals surface area contributed by atoms with Crippen LogP contribution in [0.25, 0.3) is 5.76 Å². The number of carbonyl (C=O) groups is 3. The molecule has 0 bridgehead atoms. The molecular weight excluding hydrogens is 394 g/mol. The van der Waals surface area contributed by atoms with E-state index in [4.69, 9.17) is 16.7 Å². The lowest BCUT2D eigenvalue weighted by molar-refractivity contribution is -0.140. The number of carboxylic acids is 1. The lowest BCUT2D eigenvalue weighted by Crippen LogP contribution is -2.31. The van der Waals surface area contributed by atoms with Crippen LogP contribution in [0, 0.1) is 6.92 Å². The molecule has 1 unspecified atom stereocenters. The lowest BCUT2D eigenvalue weighted by Gasteiger charge is -2.25. The average Bonchev–Trinajstić information content (AvgIpc) is 2.93. The van der Waals surface area contributed by atoms with Crippen molar-refractivity contribution < 1.29 is 24.6 Å². The molecule has 1 aliphatic rings. The van der Waals surface area contributed by atoms with Crippen molar-refractivity contribution in [2.75, 3.05) is 6.54 Å². The number of aliphatic carboxylic acids is 1. The monoisotopic (exact) mass is 413 g/mol. The number of hydrogen-bond donors (Lipinski definition) is 2. The number of rotatable bonds is 6. The Morgan fingerprint density at radius 2 is 1.66 bits per heavy atom. The summed E-state index contributed by atoms with van der Waals surface area (Å²) >= 11 is 5.90. The molecule has 0 aromatic heterocycles. The van der Waals surface area contributed by atoms with Crippen molar-refractivity contribution >= 4 is 35.0 Å². The SMILES string of the molecule is Cc1ccc(C2/C(=C(\O)c3ccc(Cl)cc3)C(=O)C(=O)N2CCCC(=O)O)cc1. The van der Waals surface area contributed by atoms with Gasteiger partial charge in [0.25, 0.3) is 11.7 Å². The number of Topliss-reactive ketones (excluding diaryl/α,β-unsaturated/α-hetero) is 1. The normalized spacial score (nSPS) is 18.3. The van der Waals surface area contributed by atoms with E-state index in [-0.39, 0.29) is 30.7 Å². The first kappa shape index (κ1) is 20.6. The smallest absolute Gasteiger partial charge is 0.303 e. The molecule has 1 saturated heterocycles. The van der Waals surface area contributed by atoms with Crippen LogP contribution in [0.2, 0.25) is 5.02 Å². The third-order valence-corrected chi connectivity index (χ3v) is 5.09. The molecule has 1 heterocycles. The number of hydrogen-bond acceptors (Lipinski definition) is 4. The van der Waals surface area contributed by atoms with Gasteiger partial charge < -0.3 is 15.1 Å². The molecule has 1 aliphatic heterocycles. The number of ketones is 1. The Kier molecular flexibility index (Phi) is 6.03. The third kappa shape index (κ3) is 4.32. The number of halogens is 1. The molecule has 150 valence electrons. The van der Waals surface area contributed by atoms with Crippen molar-refractivity contribution in [3.05, 3.63) is 75.8 Å². The van der Waals surface area contributed by atoms with Gasteiger partial charge in [-0.2, -0.15) is 0 Å². The van der Waals surface area contributed by atoms with Crippen molar-refractivity contribution in [1.29, 1.82) is 0 Å². The number of aliphatic hydroxyl groups excluding tert-OH is 1. The minimum absolute atomic E-state index is 0.0171. The number of benzene rings is 2. The van der Waals surface area contributed by atoms with E-state index in [1.54, 1.807) is 36.4 Å². The summed E-state index contributed by atoms with van der Waals surface area (Å²) in [4.78, 5) is 37.7. The lowest BCUT2D eigenvalue weighted by atomic mass is 9.94. The Labute approximate surface area is 173 Å². The maximum atomic E-state index is 12.8. The van der Waals surface area contributed by atoms with Crippen LogP contribution in [0.15, 0.2) is 54.1 Å². The van der Waals surface area contributed by atoms with E-state index in [1.807, 2.05) is 19.1 Å². The van der Waals surface area contributed by atoms with E-state index in [2.05, 4.69) is 0 Å². The number of amides is 1. The molecule has 2 aromatic rings. The summed E-state index contributed by atoms with van der Waals surface area (Å²) in [6.07, 6.45) is 0.0759. The van der Waals surface area contributed by atoms with Crippen LogP contribution in [0.4, 0.5) is 0 Å². The predicted molar refractivity (Wildman–Crippen MR) is 109 cm³/mol. The van der Waals surface area contributed by atoms with Crippen LogP contribution < -0.4 is 0 Å². The molecule has 29 heavy (non-hydrogen) atoms. The minimum Gasteiger partial charge on any atom is -0.507 e. The summed E-state index contributed by atoms with van der Waals surface area (Å²) in [6.45, 7) is 2.01. The topological polar surface area (TPSA) is 94.9 Å². The van der Waals surface area contributed by atoms with E-state index in [9.17, 15) is 19.5 Å². The first-order chi connectivity index (χ1) is 13.8. The van der Waals surface area contributed by atoms with Gasteiger partial charge in [0.1, 0.15) is 5.76 Å². The molecule has 6 nitrogen and oxygen atoms in total. The second-order valence-electron chi connectivity index (χ2n) is 6.91. The van der Waals surface area contributed by atoms with Crippen molar-refractivity contribution in [3.63, 3.8) is 0 Å². The van der Waals surface area contributed by atoms with Crippen molar-refractivity contribution in [1.82, 2.24) is 4.90 Å². The Bertz CT molecular complexity index is 979. The highest BCUT2D eigenvalue weighted by Crippen LogP contribution is 2.39. The van der Waals surface area contributed by atoms with Gasteiger partial charge >= 0.3 is 5.97 Å². The van der Waals surface area contributed by atoms with Gasteiger partial charge in [-0.05, 0) is 43.2 Å². The maximum Gasteiger partial charge on any atom is 0.303 e. The molecule has 1 amide bonds. The predicted octanol–water partition coefficient (Wildman–Crippen LogP) is 3.93. The van der Waals surface area contributed by atoms with E-state index >= 15 is 0 Å². The van der Waals surface area contributed by atoms with Gasteiger partial charge in [-0.25, -0.2) is 0 Å². The minimum atomic E-state index is -0.977. The van der Waals surface area contributed by atoms with Crippen LogP contribution in [0.5, 0.6) is 0 Å². The first-order valence-electron chi connectivity index (χ1n) is 9.12. The molecule has 3 rings (SSSR count). The van der Waals surface area contributed by atoms with Crippen LogP contribution in [-0.2, 0) is 14.4 Å². The fourth-order valence-corrected chi connectivity index (χ4v) is 3.50. The molecule has 0 radical (unpaired) electrons. The number of carboxylic acid groups (broad SMARTS) is 1. The molecule has 2 aromatic carbocycles. The largest absolute Gasteiger partial charge is 0.507 e. The molecule has 1 fully saturated rings. The van der Waals surface area contributed by atoms with Crippen LogP contribution >= 0.6 is 11.6 Å². The molecule has 2 N–H and O–H groups in total. The molecular formula is C22H20ClNO5. The highest BCUT2D eigenvalue weighted by molar-refractivity contribution is 6.46. The molecule has 7 heteroatoms. The molecule has 1 atom stereocenters. The summed E-state index contributed by atoms with van der Waals surface area (Å²) in [7, 11) is 0. The average molecular weight is 414 g/mol. The highest BCUT2D eigenvalue weighted by atomic mass is 35.5. The number of aliphatic hydroxyl groups is 1. The molecule has 0 aliphatic carbocycles. The quantitative estimate of drug-likeness (QED) is 0.425. The summed E-state index contributed by atoms with van der Waals surface area (Å²) in [5.41, 5.74) is 2.03. The maximum absolute atomic E-state index is 12.8. The molecule has 0 spiro atoms. The second kappa shape index (κ2) is 8.49. The van der Waals surface area contributed by atoms with Gasteiger partial charge in [0, 0.05) is 23.6 Å².